The highest BCUT2D eigenvalue weighted by atomic mass is 16.4. The number of nitrogens with zero attached hydrogens (tertiary/aromatic N) is 1. The maximum absolute atomic E-state index is 11.2. The monoisotopic (exact) mass is 203 g/mol. The topological polar surface area (TPSA) is 77.8 Å². The van der Waals surface area contributed by atoms with E-state index in [9.17, 15) is 9.59 Å². The number of carbonyl (C=O) groups excluding carboxylic acids is 1. The molecule has 0 spiro atoms. The van der Waals surface area contributed by atoms with Crippen molar-refractivity contribution in [2.24, 2.45) is 0 Å². The van der Waals surface area contributed by atoms with Crippen LogP contribution >= 0.6 is 0 Å². The van der Waals surface area contributed by atoms with E-state index in [1.165, 1.54) is 4.90 Å². The molecule has 2 N–H and O–H groups in total. The highest BCUT2D eigenvalue weighted by Gasteiger charge is 2.10. The number of aliphatic carboxylic acids is 1. The van der Waals surface area contributed by atoms with E-state index in [1.54, 1.807) is 14.0 Å². The van der Waals surface area contributed by atoms with Crippen molar-refractivity contribution in [1.82, 2.24) is 4.90 Å². The lowest BCUT2D eigenvalue weighted by molar-refractivity contribution is -0.140. The van der Waals surface area contributed by atoms with E-state index in [2.05, 4.69) is 0 Å². The van der Waals surface area contributed by atoms with Crippen molar-refractivity contribution in [3.8, 4) is 0 Å². The molecule has 0 radical (unpaired) electrons. The summed E-state index contributed by atoms with van der Waals surface area (Å²) in [6.07, 6.45) is -0.0524. The zero-order chi connectivity index (χ0) is 11.1. The first-order chi connectivity index (χ1) is 6.43. The van der Waals surface area contributed by atoms with E-state index in [0.717, 1.165) is 0 Å². The highest BCUT2D eigenvalue weighted by Crippen LogP contribution is 1.98. The van der Waals surface area contributed by atoms with Crippen molar-refractivity contribution in [3.05, 3.63) is 0 Å². The molecule has 0 aliphatic heterocycles. The van der Waals surface area contributed by atoms with Gasteiger partial charge in [-0.1, -0.05) is 0 Å². The Morgan fingerprint density at radius 1 is 1.36 bits per heavy atom. The number of aliphatic hydroxyl groups excluding tert-OH is 1. The molecule has 0 heterocycles. The van der Waals surface area contributed by atoms with Gasteiger partial charge in [0.05, 0.1) is 12.5 Å². The lowest BCUT2D eigenvalue weighted by Gasteiger charge is -2.17. The summed E-state index contributed by atoms with van der Waals surface area (Å²) in [5.74, 6) is -1.17. The predicted octanol–water partition coefficient (Wildman–Crippen LogP) is 0.0805. The first-order valence-electron chi connectivity index (χ1n) is 4.57. The van der Waals surface area contributed by atoms with Gasteiger partial charge >= 0.3 is 5.97 Å². The van der Waals surface area contributed by atoms with Gasteiger partial charge in [-0.15, -0.1) is 0 Å². The zero-order valence-corrected chi connectivity index (χ0v) is 8.56. The van der Waals surface area contributed by atoms with Gasteiger partial charge in [-0.05, 0) is 13.3 Å². The molecule has 0 aromatic heterocycles. The van der Waals surface area contributed by atoms with Crippen LogP contribution in [0.25, 0.3) is 0 Å². The van der Waals surface area contributed by atoms with Gasteiger partial charge in [0.25, 0.3) is 0 Å². The van der Waals surface area contributed by atoms with E-state index >= 15 is 0 Å². The Balaban J connectivity index is 3.70. The summed E-state index contributed by atoms with van der Waals surface area (Å²) in [7, 11) is 1.60. The van der Waals surface area contributed by atoms with E-state index in [4.69, 9.17) is 10.2 Å². The van der Waals surface area contributed by atoms with Crippen LogP contribution in [-0.4, -0.2) is 46.7 Å². The van der Waals surface area contributed by atoms with Gasteiger partial charge in [0.15, 0.2) is 0 Å². The van der Waals surface area contributed by atoms with Gasteiger partial charge in [0, 0.05) is 20.0 Å². The van der Waals surface area contributed by atoms with Gasteiger partial charge in [-0.25, -0.2) is 0 Å². The third-order valence-electron chi connectivity index (χ3n) is 1.86. The van der Waals surface area contributed by atoms with Crippen LogP contribution in [0, 0.1) is 0 Å². The molecule has 0 aliphatic carbocycles. The highest BCUT2D eigenvalue weighted by molar-refractivity contribution is 5.80. The lowest BCUT2D eigenvalue weighted by Crippen LogP contribution is -2.29. The van der Waals surface area contributed by atoms with E-state index in [1.807, 2.05) is 0 Å². The second kappa shape index (κ2) is 6.37. The fourth-order valence-electron chi connectivity index (χ4n) is 0.910. The summed E-state index contributed by atoms with van der Waals surface area (Å²) in [5, 5.41) is 17.3. The molecule has 0 fully saturated rings. The average molecular weight is 203 g/mol. The van der Waals surface area contributed by atoms with Gasteiger partial charge in [0.1, 0.15) is 0 Å². The van der Waals surface area contributed by atoms with Crippen molar-refractivity contribution in [3.63, 3.8) is 0 Å². The Morgan fingerprint density at radius 2 is 1.93 bits per heavy atom. The number of rotatable bonds is 6. The lowest BCUT2D eigenvalue weighted by atomic mass is 10.2. The SMILES string of the molecule is CC(O)CCN(C)C(=O)CCC(=O)O. The molecule has 5 heteroatoms. The first-order valence-corrected chi connectivity index (χ1v) is 4.57. The third-order valence-corrected chi connectivity index (χ3v) is 1.86. The summed E-state index contributed by atoms with van der Waals surface area (Å²) in [5.41, 5.74) is 0. The molecule has 1 atom stereocenters. The van der Waals surface area contributed by atoms with Crippen molar-refractivity contribution in [1.29, 1.82) is 0 Å². The van der Waals surface area contributed by atoms with Gasteiger partial charge in [-0.2, -0.15) is 0 Å². The van der Waals surface area contributed by atoms with Crippen LogP contribution in [0.4, 0.5) is 0 Å². The number of hydrogen-bond acceptors (Lipinski definition) is 3. The summed E-state index contributed by atoms with van der Waals surface area (Å²) in [6.45, 7) is 2.10. The molecule has 0 saturated carbocycles. The van der Waals surface area contributed by atoms with Crippen LogP contribution in [0.3, 0.4) is 0 Å². The van der Waals surface area contributed by atoms with E-state index in [0.29, 0.717) is 13.0 Å². The summed E-state index contributed by atoms with van der Waals surface area (Å²) >= 11 is 0. The number of carboxylic acid groups (broad SMARTS) is 1. The third kappa shape index (κ3) is 6.42. The van der Waals surface area contributed by atoms with Crippen LogP contribution in [-0.2, 0) is 9.59 Å². The first kappa shape index (κ1) is 12.9. The summed E-state index contributed by atoms with van der Waals surface area (Å²) in [6, 6.07) is 0. The average Bonchev–Trinajstić information content (AvgIpc) is 2.09. The largest absolute Gasteiger partial charge is 0.481 e. The number of carboxylic acids is 1. The summed E-state index contributed by atoms with van der Waals surface area (Å²) in [4.78, 5) is 22.9. The molecule has 0 bridgehead atoms. The standard InChI is InChI=1S/C9H17NO4/c1-7(11)5-6-10(2)8(12)3-4-9(13)14/h7,11H,3-6H2,1-2H3,(H,13,14). The molecular weight excluding hydrogens is 186 g/mol. The molecular formula is C9H17NO4. The van der Waals surface area contributed by atoms with Gasteiger partial charge in [0.2, 0.25) is 5.91 Å². The van der Waals surface area contributed by atoms with Crippen molar-refractivity contribution in [2.45, 2.75) is 32.3 Å². The van der Waals surface area contributed by atoms with Crippen LogP contribution < -0.4 is 0 Å². The minimum absolute atomic E-state index is 0.0195. The van der Waals surface area contributed by atoms with E-state index in [-0.39, 0.29) is 18.7 Å². The Bertz CT molecular complexity index is 203. The maximum Gasteiger partial charge on any atom is 0.303 e. The summed E-state index contributed by atoms with van der Waals surface area (Å²) < 4.78 is 0. The molecule has 5 nitrogen and oxygen atoms in total. The molecule has 1 unspecified atom stereocenters. The van der Waals surface area contributed by atoms with Crippen LogP contribution in [0.1, 0.15) is 26.2 Å². The number of aliphatic hydroxyl groups is 1. The Hall–Kier alpha value is -1.10. The molecule has 0 aromatic carbocycles. The second-order valence-corrected chi connectivity index (χ2v) is 3.35. The molecule has 0 aliphatic rings. The fourth-order valence-corrected chi connectivity index (χ4v) is 0.910. The van der Waals surface area contributed by atoms with Crippen molar-refractivity contribution in [2.75, 3.05) is 13.6 Å². The predicted molar refractivity (Wildman–Crippen MR) is 50.8 cm³/mol. The second-order valence-electron chi connectivity index (χ2n) is 3.35. The minimum atomic E-state index is -0.970. The molecule has 0 saturated heterocycles. The molecule has 82 valence electrons. The van der Waals surface area contributed by atoms with Crippen LogP contribution in [0.15, 0.2) is 0 Å². The van der Waals surface area contributed by atoms with Crippen LogP contribution in [0.5, 0.6) is 0 Å². The van der Waals surface area contributed by atoms with Crippen LogP contribution in [0.2, 0.25) is 0 Å². The minimum Gasteiger partial charge on any atom is -0.481 e. The zero-order valence-electron chi connectivity index (χ0n) is 8.56. The van der Waals surface area contributed by atoms with Gasteiger partial charge in [-0.3, -0.25) is 9.59 Å². The molecule has 14 heavy (non-hydrogen) atoms. The molecule has 0 rings (SSSR count). The Labute approximate surface area is 83.3 Å². The maximum atomic E-state index is 11.2. The number of hydrogen-bond donors (Lipinski definition) is 2. The molecule has 1 amide bonds. The Morgan fingerprint density at radius 3 is 2.36 bits per heavy atom. The number of carbonyl (C=O) groups is 2. The quantitative estimate of drug-likeness (QED) is 0.641. The van der Waals surface area contributed by atoms with Crippen molar-refractivity contribution >= 4 is 11.9 Å². The normalized spacial score (nSPS) is 12.2. The number of amides is 1. The molecule has 0 aromatic rings. The van der Waals surface area contributed by atoms with E-state index < -0.39 is 12.1 Å². The fraction of sp³-hybridized carbons (Fsp3) is 0.778. The van der Waals surface area contributed by atoms with Crippen molar-refractivity contribution < 1.29 is 19.8 Å². The smallest absolute Gasteiger partial charge is 0.303 e. The Kier molecular flexibility index (Phi) is 5.87. The van der Waals surface area contributed by atoms with Gasteiger partial charge < -0.3 is 15.1 Å².